The quantitative estimate of drug-likeness (QED) is 0.559. The molecule has 0 saturated carbocycles. The number of nitrogens with one attached hydrogen (secondary N) is 1. The van der Waals surface area contributed by atoms with Crippen LogP contribution in [0.25, 0.3) is 10.8 Å². The zero-order valence-corrected chi connectivity index (χ0v) is 18.7. The second kappa shape index (κ2) is 9.42. The van der Waals surface area contributed by atoms with Crippen LogP contribution in [0.2, 0.25) is 0 Å². The summed E-state index contributed by atoms with van der Waals surface area (Å²) in [4.78, 5) is 15.2. The Bertz CT molecular complexity index is 1020. The van der Waals surface area contributed by atoms with Gasteiger partial charge in [-0.1, -0.05) is 55.5 Å². The Morgan fingerprint density at radius 1 is 0.968 bits per heavy atom. The zero-order valence-electron chi connectivity index (χ0n) is 18.7. The Labute approximate surface area is 185 Å². The molecule has 0 aromatic heterocycles. The van der Waals surface area contributed by atoms with Crippen LogP contribution < -0.4 is 15.0 Å². The number of rotatable bonds is 6. The summed E-state index contributed by atoms with van der Waals surface area (Å²) in [6.07, 6.45) is 1.92. The summed E-state index contributed by atoms with van der Waals surface area (Å²) in [7, 11) is 0. The first-order chi connectivity index (χ1) is 15.0. The molecule has 1 aliphatic rings. The third-order valence-electron chi connectivity index (χ3n) is 6.32. The maximum Gasteiger partial charge on any atom is 0.261 e. The summed E-state index contributed by atoms with van der Waals surface area (Å²) in [5.41, 5.74) is 2.36. The third-order valence-corrected chi connectivity index (χ3v) is 6.32. The smallest absolute Gasteiger partial charge is 0.261 e. The Morgan fingerprint density at radius 3 is 2.39 bits per heavy atom. The van der Waals surface area contributed by atoms with Gasteiger partial charge in [0.1, 0.15) is 5.75 Å². The molecular formula is C27H32N2O2. The van der Waals surface area contributed by atoms with Crippen molar-refractivity contribution in [3.8, 4) is 5.75 Å². The fourth-order valence-electron chi connectivity index (χ4n) is 4.20. The van der Waals surface area contributed by atoms with Crippen molar-refractivity contribution >= 4 is 22.4 Å². The van der Waals surface area contributed by atoms with E-state index < -0.39 is 6.10 Å². The van der Waals surface area contributed by atoms with Crippen LogP contribution in [0.15, 0.2) is 66.7 Å². The molecule has 3 aromatic rings. The first-order valence-corrected chi connectivity index (χ1v) is 11.3. The van der Waals surface area contributed by atoms with Gasteiger partial charge in [-0.2, -0.15) is 0 Å². The summed E-state index contributed by atoms with van der Waals surface area (Å²) in [6.45, 7) is 8.38. The number of ether oxygens (including phenoxy) is 1. The molecule has 0 unspecified atom stereocenters. The van der Waals surface area contributed by atoms with E-state index in [1.807, 2.05) is 49.4 Å². The summed E-state index contributed by atoms with van der Waals surface area (Å²) < 4.78 is 6.01. The molecule has 1 aliphatic heterocycles. The lowest BCUT2D eigenvalue weighted by molar-refractivity contribution is -0.127. The van der Waals surface area contributed by atoms with Crippen LogP contribution in [-0.2, 0) is 4.79 Å². The van der Waals surface area contributed by atoms with E-state index in [9.17, 15) is 4.79 Å². The molecule has 1 N–H and O–H groups in total. The van der Waals surface area contributed by atoms with Gasteiger partial charge < -0.3 is 15.0 Å². The molecular weight excluding hydrogens is 384 g/mol. The summed E-state index contributed by atoms with van der Waals surface area (Å²) in [5.74, 6) is 1.44. The maximum atomic E-state index is 12.8. The van der Waals surface area contributed by atoms with Crippen molar-refractivity contribution in [1.82, 2.24) is 5.32 Å². The van der Waals surface area contributed by atoms with E-state index in [0.717, 1.165) is 41.1 Å². The van der Waals surface area contributed by atoms with Gasteiger partial charge in [-0.25, -0.2) is 0 Å². The number of anilines is 1. The van der Waals surface area contributed by atoms with Crippen LogP contribution in [0.1, 0.15) is 45.2 Å². The van der Waals surface area contributed by atoms with Crippen molar-refractivity contribution in [2.24, 2.45) is 5.92 Å². The summed E-state index contributed by atoms with van der Waals surface area (Å²) in [5, 5.41) is 5.21. The van der Waals surface area contributed by atoms with E-state index in [1.165, 1.54) is 18.5 Å². The first-order valence-electron chi connectivity index (χ1n) is 11.3. The third kappa shape index (κ3) is 5.01. The van der Waals surface area contributed by atoms with Gasteiger partial charge in [-0.15, -0.1) is 0 Å². The summed E-state index contributed by atoms with van der Waals surface area (Å²) in [6, 6.07) is 22.5. The number of hydrogen-bond acceptors (Lipinski definition) is 3. The number of piperidine rings is 1. The predicted octanol–water partition coefficient (Wildman–Crippen LogP) is 5.72. The van der Waals surface area contributed by atoms with Gasteiger partial charge in [0, 0.05) is 24.2 Å². The van der Waals surface area contributed by atoms with E-state index >= 15 is 0 Å². The number of benzene rings is 3. The van der Waals surface area contributed by atoms with Crippen molar-refractivity contribution < 1.29 is 9.53 Å². The van der Waals surface area contributed by atoms with Gasteiger partial charge >= 0.3 is 0 Å². The SMILES string of the molecule is CC1CCN(c2ccc([C@@H](C)NC(=O)[C@@H](C)Oc3cccc4ccccc34)cc2)CC1. The van der Waals surface area contributed by atoms with Gasteiger partial charge in [0.2, 0.25) is 0 Å². The topological polar surface area (TPSA) is 41.6 Å². The molecule has 1 saturated heterocycles. The molecule has 1 fully saturated rings. The van der Waals surface area contributed by atoms with Crippen LogP contribution >= 0.6 is 0 Å². The van der Waals surface area contributed by atoms with Crippen molar-refractivity contribution in [3.63, 3.8) is 0 Å². The highest BCUT2D eigenvalue weighted by atomic mass is 16.5. The van der Waals surface area contributed by atoms with E-state index in [-0.39, 0.29) is 11.9 Å². The van der Waals surface area contributed by atoms with Crippen LogP contribution in [-0.4, -0.2) is 25.1 Å². The lowest BCUT2D eigenvalue weighted by Crippen LogP contribution is -2.37. The monoisotopic (exact) mass is 416 g/mol. The Kier molecular flexibility index (Phi) is 6.45. The standard InChI is InChI=1S/C27H32N2O2/c1-19-15-17-29(18-16-19)24-13-11-22(12-14-24)20(2)28-27(30)21(3)31-26-10-6-8-23-7-4-5-9-25(23)26/h4-14,19-21H,15-18H2,1-3H3,(H,28,30)/t20-,21-/m1/s1. The average Bonchev–Trinajstić information content (AvgIpc) is 2.80. The zero-order chi connectivity index (χ0) is 21.8. The minimum absolute atomic E-state index is 0.0819. The Hall–Kier alpha value is -3.01. The second-order valence-corrected chi connectivity index (χ2v) is 8.73. The number of fused-ring (bicyclic) bond motifs is 1. The fourth-order valence-corrected chi connectivity index (χ4v) is 4.20. The van der Waals surface area contributed by atoms with Crippen molar-refractivity contribution in [2.45, 2.75) is 45.8 Å². The molecule has 31 heavy (non-hydrogen) atoms. The number of hydrogen-bond donors (Lipinski definition) is 1. The van der Waals surface area contributed by atoms with Crippen LogP contribution in [0.4, 0.5) is 5.69 Å². The van der Waals surface area contributed by atoms with Gasteiger partial charge in [-0.05, 0) is 61.8 Å². The van der Waals surface area contributed by atoms with E-state index in [4.69, 9.17) is 4.74 Å². The van der Waals surface area contributed by atoms with Crippen molar-refractivity contribution in [3.05, 3.63) is 72.3 Å². The number of carbonyl (C=O) groups is 1. The number of carbonyl (C=O) groups excluding carboxylic acids is 1. The predicted molar refractivity (Wildman–Crippen MR) is 128 cm³/mol. The number of nitrogens with zero attached hydrogens (tertiary/aromatic N) is 1. The Balaban J connectivity index is 1.36. The largest absolute Gasteiger partial charge is 0.480 e. The molecule has 1 amide bonds. The molecule has 4 heteroatoms. The molecule has 0 spiro atoms. The molecule has 4 rings (SSSR count). The van der Waals surface area contributed by atoms with Crippen LogP contribution in [0.3, 0.4) is 0 Å². The number of amides is 1. The minimum Gasteiger partial charge on any atom is -0.480 e. The molecule has 1 heterocycles. The lowest BCUT2D eigenvalue weighted by atomic mass is 9.98. The van der Waals surface area contributed by atoms with Crippen molar-refractivity contribution in [1.29, 1.82) is 0 Å². The van der Waals surface area contributed by atoms with Gasteiger partial charge in [0.05, 0.1) is 6.04 Å². The highest BCUT2D eigenvalue weighted by Gasteiger charge is 2.20. The maximum absolute atomic E-state index is 12.8. The molecule has 0 bridgehead atoms. The van der Waals surface area contributed by atoms with Crippen LogP contribution in [0, 0.1) is 5.92 Å². The highest BCUT2D eigenvalue weighted by molar-refractivity contribution is 5.89. The van der Waals surface area contributed by atoms with Gasteiger partial charge in [-0.3, -0.25) is 4.79 Å². The highest BCUT2D eigenvalue weighted by Crippen LogP contribution is 2.27. The first kappa shape index (κ1) is 21.2. The molecule has 4 nitrogen and oxygen atoms in total. The van der Waals surface area contributed by atoms with Crippen LogP contribution in [0.5, 0.6) is 5.75 Å². The molecule has 0 radical (unpaired) electrons. The molecule has 0 aliphatic carbocycles. The van der Waals surface area contributed by atoms with E-state index in [2.05, 4.69) is 41.4 Å². The average molecular weight is 417 g/mol. The molecule has 162 valence electrons. The second-order valence-electron chi connectivity index (χ2n) is 8.73. The summed E-state index contributed by atoms with van der Waals surface area (Å²) >= 11 is 0. The molecule has 2 atom stereocenters. The van der Waals surface area contributed by atoms with Crippen molar-refractivity contribution in [2.75, 3.05) is 18.0 Å². The van der Waals surface area contributed by atoms with E-state index in [0.29, 0.717) is 0 Å². The van der Waals surface area contributed by atoms with Gasteiger partial charge in [0.25, 0.3) is 5.91 Å². The van der Waals surface area contributed by atoms with E-state index in [1.54, 1.807) is 6.92 Å². The van der Waals surface area contributed by atoms with Gasteiger partial charge in [0.15, 0.2) is 6.10 Å². The normalized spacial score (nSPS) is 16.7. The fraction of sp³-hybridized carbons (Fsp3) is 0.370. The Morgan fingerprint density at radius 2 is 1.65 bits per heavy atom. The minimum atomic E-state index is -0.581. The lowest BCUT2D eigenvalue weighted by Gasteiger charge is -2.32. The molecule has 3 aromatic carbocycles.